The Hall–Kier alpha value is -1.61. The number of aromatic nitrogens is 1. The predicted octanol–water partition coefficient (Wildman–Crippen LogP) is 3.36. The van der Waals surface area contributed by atoms with Crippen molar-refractivity contribution in [2.45, 2.75) is 25.8 Å². The molecule has 100 valence electrons. The molecule has 0 aromatic carbocycles. The van der Waals surface area contributed by atoms with Crippen LogP contribution in [0.15, 0.2) is 42.8 Å². The zero-order valence-corrected chi connectivity index (χ0v) is 11.6. The molecule has 2 rings (SSSR count). The normalized spacial score (nSPS) is 15.0. The van der Waals surface area contributed by atoms with Gasteiger partial charge in [-0.2, -0.15) is 0 Å². The Labute approximate surface area is 118 Å². The summed E-state index contributed by atoms with van der Waals surface area (Å²) in [7, 11) is 0. The third-order valence-electron chi connectivity index (χ3n) is 3.10. The first-order valence-corrected chi connectivity index (χ1v) is 6.76. The second kappa shape index (κ2) is 6.53. The van der Waals surface area contributed by atoms with E-state index in [1.54, 1.807) is 18.3 Å². The number of pyridine rings is 1. The zero-order valence-electron chi connectivity index (χ0n) is 10.8. The lowest BCUT2D eigenvalue weighted by molar-refractivity contribution is -0.115. The van der Waals surface area contributed by atoms with Crippen molar-refractivity contribution in [1.29, 1.82) is 0 Å². The molecular formula is C15H17ClN2O. The lowest BCUT2D eigenvalue weighted by Gasteiger charge is -2.28. The highest BCUT2D eigenvalue weighted by Crippen LogP contribution is 2.21. The molecule has 1 aromatic heterocycles. The Morgan fingerprint density at radius 1 is 1.42 bits per heavy atom. The zero-order chi connectivity index (χ0) is 13.7. The smallest absolute Gasteiger partial charge is 0.157 e. The summed E-state index contributed by atoms with van der Waals surface area (Å²) in [6, 6.07) is 3.74. The Morgan fingerprint density at radius 3 is 2.89 bits per heavy atom. The number of halogens is 1. The summed E-state index contributed by atoms with van der Waals surface area (Å²) < 4.78 is 0. The van der Waals surface area contributed by atoms with Gasteiger partial charge in [0.05, 0.1) is 0 Å². The van der Waals surface area contributed by atoms with Crippen molar-refractivity contribution >= 4 is 17.4 Å². The predicted molar refractivity (Wildman–Crippen MR) is 76.8 cm³/mol. The fourth-order valence-electron chi connectivity index (χ4n) is 2.18. The molecule has 0 amide bonds. The molecule has 0 atom stereocenters. The molecule has 4 heteroatoms. The van der Waals surface area contributed by atoms with Crippen LogP contribution < -0.4 is 0 Å². The van der Waals surface area contributed by atoms with Crippen molar-refractivity contribution in [3.8, 4) is 0 Å². The van der Waals surface area contributed by atoms with Crippen LogP contribution in [-0.2, 0) is 11.3 Å². The monoisotopic (exact) mass is 276 g/mol. The van der Waals surface area contributed by atoms with Crippen LogP contribution in [0.3, 0.4) is 0 Å². The van der Waals surface area contributed by atoms with Crippen molar-refractivity contribution in [2.24, 2.45) is 0 Å². The van der Waals surface area contributed by atoms with Gasteiger partial charge in [-0.05, 0) is 24.5 Å². The van der Waals surface area contributed by atoms with E-state index in [2.05, 4.69) is 16.5 Å². The Bertz CT molecular complexity index is 493. The minimum atomic E-state index is 0.213. The van der Waals surface area contributed by atoms with E-state index < -0.39 is 0 Å². The molecular weight excluding hydrogens is 260 g/mol. The van der Waals surface area contributed by atoms with Gasteiger partial charge in [-0.3, -0.25) is 4.79 Å². The molecule has 1 aromatic rings. The van der Waals surface area contributed by atoms with Gasteiger partial charge in [0.15, 0.2) is 5.78 Å². The van der Waals surface area contributed by atoms with E-state index in [-0.39, 0.29) is 5.78 Å². The highest BCUT2D eigenvalue weighted by molar-refractivity contribution is 6.29. The maximum atomic E-state index is 11.5. The molecule has 0 bridgehead atoms. The molecule has 3 nitrogen and oxygen atoms in total. The first kappa shape index (κ1) is 13.8. The fourth-order valence-corrected chi connectivity index (χ4v) is 2.29. The first-order valence-electron chi connectivity index (χ1n) is 6.38. The maximum Gasteiger partial charge on any atom is 0.157 e. The highest BCUT2D eigenvalue weighted by Gasteiger charge is 2.15. The summed E-state index contributed by atoms with van der Waals surface area (Å²) >= 11 is 5.78. The van der Waals surface area contributed by atoms with Crippen molar-refractivity contribution in [3.63, 3.8) is 0 Å². The van der Waals surface area contributed by atoms with Gasteiger partial charge in [0.25, 0.3) is 0 Å². The van der Waals surface area contributed by atoms with Crippen LogP contribution in [0.5, 0.6) is 0 Å². The molecule has 0 unspecified atom stereocenters. The number of rotatable bonds is 5. The molecule has 0 saturated heterocycles. The van der Waals surface area contributed by atoms with Gasteiger partial charge in [0, 0.05) is 37.5 Å². The lowest BCUT2D eigenvalue weighted by Crippen LogP contribution is -2.25. The number of allylic oxidation sites excluding steroid dienone is 2. The molecule has 0 fully saturated rings. The summed E-state index contributed by atoms with van der Waals surface area (Å²) in [5, 5.41) is 0.492. The van der Waals surface area contributed by atoms with E-state index in [4.69, 9.17) is 11.6 Å². The standard InChI is InChI=1S/C15H17ClN2O/c1-2-8-18(13-4-3-5-14(19)9-13)11-12-6-7-15(16)17-10-12/h2,6-7,9-10H,1,3-5,8,11H2. The summed E-state index contributed by atoms with van der Waals surface area (Å²) in [5.74, 6) is 0.213. The van der Waals surface area contributed by atoms with Crippen LogP contribution >= 0.6 is 11.6 Å². The Balaban J connectivity index is 2.13. The average Bonchev–Trinajstić information content (AvgIpc) is 2.41. The van der Waals surface area contributed by atoms with Crippen molar-refractivity contribution in [1.82, 2.24) is 9.88 Å². The summed E-state index contributed by atoms with van der Waals surface area (Å²) in [6.45, 7) is 5.22. The van der Waals surface area contributed by atoms with Crippen LogP contribution in [0.4, 0.5) is 0 Å². The first-order chi connectivity index (χ1) is 9.19. The van der Waals surface area contributed by atoms with E-state index in [1.807, 2.05) is 12.1 Å². The number of carbonyl (C=O) groups is 1. The fraction of sp³-hybridized carbons (Fsp3) is 0.333. The quantitative estimate of drug-likeness (QED) is 0.611. The molecule has 1 heterocycles. The summed E-state index contributed by atoms with van der Waals surface area (Å²) in [4.78, 5) is 17.8. The number of ketones is 1. The Morgan fingerprint density at radius 2 is 2.26 bits per heavy atom. The number of hydrogen-bond acceptors (Lipinski definition) is 3. The van der Waals surface area contributed by atoms with Gasteiger partial charge in [0.1, 0.15) is 5.15 Å². The van der Waals surface area contributed by atoms with Crippen LogP contribution in [0.25, 0.3) is 0 Å². The van der Waals surface area contributed by atoms with E-state index in [0.717, 1.165) is 37.2 Å². The van der Waals surface area contributed by atoms with Crippen LogP contribution in [0.1, 0.15) is 24.8 Å². The van der Waals surface area contributed by atoms with Gasteiger partial charge in [-0.1, -0.05) is 23.7 Å². The minimum absolute atomic E-state index is 0.213. The molecule has 19 heavy (non-hydrogen) atoms. The maximum absolute atomic E-state index is 11.5. The second-order valence-corrected chi connectivity index (χ2v) is 5.00. The average molecular weight is 277 g/mol. The lowest BCUT2D eigenvalue weighted by atomic mass is 10.0. The van der Waals surface area contributed by atoms with Crippen LogP contribution in [-0.4, -0.2) is 22.2 Å². The van der Waals surface area contributed by atoms with E-state index in [0.29, 0.717) is 11.6 Å². The van der Waals surface area contributed by atoms with Gasteiger partial charge in [-0.15, -0.1) is 6.58 Å². The summed E-state index contributed by atoms with van der Waals surface area (Å²) in [6.07, 6.45) is 7.91. The molecule has 0 aliphatic heterocycles. The van der Waals surface area contributed by atoms with Crippen molar-refractivity contribution < 1.29 is 4.79 Å². The van der Waals surface area contributed by atoms with Crippen LogP contribution in [0, 0.1) is 0 Å². The van der Waals surface area contributed by atoms with Gasteiger partial charge in [-0.25, -0.2) is 4.98 Å². The van der Waals surface area contributed by atoms with E-state index in [9.17, 15) is 4.79 Å². The van der Waals surface area contributed by atoms with Crippen LogP contribution in [0.2, 0.25) is 5.15 Å². The minimum Gasteiger partial charge on any atom is -0.367 e. The van der Waals surface area contributed by atoms with Gasteiger partial charge >= 0.3 is 0 Å². The number of carbonyl (C=O) groups excluding carboxylic acids is 1. The number of hydrogen-bond donors (Lipinski definition) is 0. The van der Waals surface area contributed by atoms with E-state index >= 15 is 0 Å². The highest BCUT2D eigenvalue weighted by atomic mass is 35.5. The number of nitrogens with zero attached hydrogens (tertiary/aromatic N) is 2. The SMILES string of the molecule is C=CCN(Cc1ccc(Cl)nc1)C1=CC(=O)CCC1. The largest absolute Gasteiger partial charge is 0.367 e. The van der Waals surface area contributed by atoms with Crippen molar-refractivity contribution in [3.05, 3.63) is 53.5 Å². The van der Waals surface area contributed by atoms with Gasteiger partial charge < -0.3 is 4.90 Å². The molecule has 0 N–H and O–H groups in total. The van der Waals surface area contributed by atoms with Gasteiger partial charge in [0.2, 0.25) is 0 Å². The molecule has 0 spiro atoms. The molecule has 0 saturated carbocycles. The molecule has 1 aliphatic carbocycles. The topological polar surface area (TPSA) is 33.2 Å². The molecule has 0 radical (unpaired) electrons. The third kappa shape index (κ3) is 3.93. The second-order valence-electron chi connectivity index (χ2n) is 4.61. The Kier molecular flexibility index (Phi) is 4.74. The summed E-state index contributed by atoms with van der Waals surface area (Å²) in [5.41, 5.74) is 2.16. The third-order valence-corrected chi connectivity index (χ3v) is 3.33. The van der Waals surface area contributed by atoms with Crippen molar-refractivity contribution in [2.75, 3.05) is 6.54 Å². The van der Waals surface area contributed by atoms with E-state index in [1.165, 1.54) is 0 Å². The molecule has 1 aliphatic rings.